The molecule has 64 valence electrons. The lowest BCUT2D eigenvalue weighted by atomic mass is 9.96. The van der Waals surface area contributed by atoms with Crippen LogP contribution in [0.2, 0.25) is 0 Å². The van der Waals surface area contributed by atoms with Crippen LogP contribution in [0.1, 0.15) is 45.4 Å². The van der Waals surface area contributed by atoms with E-state index in [1.807, 2.05) is 0 Å². The average Bonchev–Trinajstić information content (AvgIpc) is 2.04. The smallest absolute Gasteiger partial charge is 0.0147 e. The molecule has 0 aromatic carbocycles. The van der Waals surface area contributed by atoms with Crippen LogP contribution >= 0.6 is 22.6 Å². The fourth-order valence-corrected chi connectivity index (χ4v) is 2.05. The molecule has 1 aliphatic carbocycles. The SMILES string of the molecule is CCCCC1=CCC(I)CC1. The molecule has 1 atom stereocenters. The summed E-state index contributed by atoms with van der Waals surface area (Å²) in [6.07, 6.45) is 10.7. The van der Waals surface area contributed by atoms with Gasteiger partial charge in [0.2, 0.25) is 0 Å². The standard InChI is InChI=1S/C10H17I/c1-2-3-4-9-5-7-10(11)8-6-9/h5,10H,2-4,6-8H2,1H3. The summed E-state index contributed by atoms with van der Waals surface area (Å²) in [6.45, 7) is 2.27. The van der Waals surface area contributed by atoms with E-state index in [-0.39, 0.29) is 0 Å². The largest absolute Gasteiger partial charge is 0.0843 e. The molecule has 0 nitrogen and oxygen atoms in total. The topological polar surface area (TPSA) is 0 Å². The van der Waals surface area contributed by atoms with Crippen molar-refractivity contribution in [2.45, 2.75) is 49.4 Å². The Morgan fingerprint density at radius 3 is 3.00 bits per heavy atom. The predicted octanol–water partition coefficient (Wildman–Crippen LogP) is 4.09. The van der Waals surface area contributed by atoms with Gasteiger partial charge in [-0.3, -0.25) is 0 Å². The van der Waals surface area contributed by atoms with E-state index in [4.69, 9.17) is 0 Å². The molecule has 0 N–H and O–H groups in total. The molecule has 1 unspecified atom stereocenters. The molecule has 11 heavy (non-hydrogen) atoms. The zero-order valence-corrected chi connectivity index (χ0v) is 9.43. The highest BCUT2D eigenvalue weighted by Crippen LogP contribution is 2.26. The van der Waals surface area contributed by atoms with Gasteiger partial charge < -0.3 is 0 Å². The Bertz CT molecular complexity index is 138. The number of alkyl halides is 1. The first-order chi connectivity index (χ1) is 5.33. The molecule has 1 heteroatoms. The number of hydrogen-bond donors (Lipinski definition) is 0. The van der Waals surface area contributed by atoms with Gasteiger partial charge in [0.15, 0.2) is 0 Å². The van der Waals surface area contributed by atoms with Crippen LogP contribution in [0.25, 0.3) is 0 Å². The van der Waals surface area contributed by atoms with Crippen LogP contribution in [0, 0.1) is 0 Å². The van der Waals surface area contributed by atoms with Gasteiger partial charge in [0.1, 0.15) is 0 Å². The van der Waals surface area contributed by atoms with Crippen molar-refractivity contribution < 1.29 is 0 Å². The van der Waals surface area contributed by atoms with Crippen molar-refractivity contribution in [3.8, 4) is 0 Å². The summed E-state index contributed by atoms with van der Waals surface area (Å²) in [6, 6.07) is 0. The van der Waals surface area contributed by atoms with Gasteiger partial charge in [-0.1, -0.05) is 47.6 Å². The minimum Gasteiger partial charge on any atom is -0.0843 e. The highest BCUT2D eigenvalue weighted by atomic mass is 127. The van der Waals surface area contributed by atoms with Crippen molar-refractivity contribution in [1.82, 2.24) is 0 Å². The lowest BCUT2D eigenvalue weighted by Gasteiger charge is -2.16. The minimum atomic E-state index is 0.915. The van der Waals surface area contributed by atoms with Crippen molar-refractivity contribution in [2.24, 2.45) is 0 Å². The molecular weight excluding hydrogens is 247 g/mol. The quantitative estimate of drug-likeness (QED) is 0.409. The van der Waals surface area contributed by atoms with Crippen molar-refractivity contribution in [1.29, 1.82) is 0 Å². The third-order valence-corrected chi connectivity index (χ3v) is 3.42. The predicted molar refractivity (Wildman–Crippen MR) is 59.3 cm³/mol. The Kier molecular flexibility index (Phi) is 4.50. The third kappa shape index (κ3) is 3.59. The van der Waals surface area contributed by atoms with Gasteiger partial charge in [-0.2, -0.15) is 0 Å². The van der Waals surface area contributed by atoms with Crippen LogP contribution in [-0.2, 0) is 0 Å². The fraction of sp³-hybridized carbons (Fsp3) is 0.800. The second kappa shape index (κ2) is 5.18. The van der Waals surface area contributed by atoms with Crippen molar-refractivity contribution in [2.75, 3.05) is 0 Å². The summed E-state index contributed by atoms with van der Waals surface area (Å²) < 4.78 is 0.915. The number of allylic oxidation sites excluding steroid dienone is 2. The molecule has 0 radical (unpaired) electrons. The van der Waals surface area contributed by atoms with Crippen molar-refractivity contribution in [3.63, 3.8) is 0 Å². The van der Waals surface area contributed by atoms with Crippen LogP contribution < -0.4 is 0 Å². The summed E-state index contributed by atoms with van der Waals surface area (Å²) in [5.74, 6) is 0. The zero-order chi connectivity index (χ0) is 8.10. The van der Waals surface area contributed by atoms with E-state index >= 15 is 0 Å². The van der Waals surface area contributed by atoms with Gasteiger partial charge in [0, 0.05) is 3.92 Å². The van der Waals surface area contributed by atoms with Gasteiger partial charge in [-0.05, 0) is 32.1 Å². The molecule has 0 saturated carbocycles. The number of rotatable bonds is 3. The molecule has 0 fully saturated rings. The summed E-state index contributed by atoms with van der Waals surface area (Å²) >= 11 is 2.56. The van der Waals surface area contributed by atoms with E-state index in [1.165, 1.54) is 38.5 Å². The van der Waals surface area contributed by atoms with E-state index in [0.29, 0.717) is 0 Å². The van der Waals surface area contributed by atoms with Crippen LogP contribution in [0.3, 0.4) is 0 Å². The van der Waals surface area contributed by atoms with E-state index in [2.05, 4.69) is 35.6 Å². The molecule has 0 amide bonds. The molecule has 0 aliphatic heterocycles. The number of unbranched alkanes of at least 4 members (excludes halogenated alkanes) is 1. The Hall–Kier alpha value is 0.470. The summed E-state index contributed by atoms with van der Waals surface area (Å²) in [5, 5.41) is 0. The highest BCUT2D eigenvalue weighted by Gasteiger charge is 2.09. The first kappa shape index (κ1) is 9.56. The first-order valence-corrected chi connectivity index (χ1v) is 5.89. The minimum absolute atomic E-state index is 0.915. The van der Waals surface area contributed by atoms with Crippen LogP contribution in [0.4, 0.5) is 0 Å². The van der Waals surface area contributed by atoms with Gasteiger partial charge in [-0.15, -0.1) is 0 Å². The molecule has 1 rings (SSSR count). The van der Waals surface area contributed by atoms with Gasteiger partial charge >= 0.3 is 0 Å². The normalized spacial score (nSPS) is 24.9. The van der Waals surface area contributed by atoms with Crippen LogP contribution in [0.5, 0.6) is 0 Å². The first-order valence-electron chi connectivity index (χ1n) is 4.65. The molecule has 0 heterocycles. The molecule has 0 saturated heterocycles. The van der Waals surface area contributed by atoms with E-state index < -0.39 is 0 Å². The summed E-state index contributed by atoms with van der Waals surface area (Å²) in [4.78, 5) is 0. The number of halogens is 1. The summed E-state index contributed by atoms with van der Waals surface area (Å²) in [5.41, 5.74) is 1.72. The third-order valence-electron chi connectivity index (χ3n) is 2.29. The molecule has 0 spiro atoms. The van der Waals surface area contributed by atoms with Crippen molar-refractivity contribution >= 4 is 22.6 Å². The lowest BCUT2D eigenvalue weighted by molar-refractivity contribution is 0.677. The Labute approximate surface area is 83.6 Å². The zero-order valence-electron chi connectivity index (χ0n) is 7.28. The Morgan fingerprint density at radius 2 is 2.45 bits per heavy atom. The second-order valence-corrected chi connectivity index (χ2v) is 5.10. The second-order valence-electron chi connectivity index (χ2n) is 3.34. The maximum atomic E-state index is 2.56. The fourth-order valence-electron chi connectivity index (χ4n) is 1.49. The van der Waals surface area contributed by atoms with E-state index in [1.54, 1.807) is 5.57 Å². The molecule has 0 bridgehead atoms. The molecule has 1 aliphatic rings. The maximum absolute atomic E-state index is 2.56. The van der Waals surface area contributed by atoms with Crippen molar-refractivity contribution in [3.05, 3.63) is 11.6 Å². The van der Waals surface area contributed by atoms with E-state index in [0.717, 1.165) is 3.92 Å². The van der Waals surface area contributed by atoms with Crippen LogP contribution in [0.15, 0.2) is 11.6 Å². The van der Waals surface area contributed by atoms with Gasteiger partial charge in [0.25, 0.3) is 0 Å². The van der Waals surface area contributed by atoms with Gasteiger partial charge in [-0.25, -0.2) is 0 Å². The Morgan fingerprint density at radius 1 is 1.64 bits per heavy atom. The molecule has 0 aromatic rings. The maximum Gasteiger partial charge on any atom is 0.0147 e. The lowest BCUT2D eigenvalue weighted by Crippen LogP contribution is -2.03. The molecule has 0 aromatic heterocycles. The number of hydrogen-bond acceptors (Lipinski definition) is 0. The Balaban J connectivity index is 2.24. The van der Waals surface area contributed by atoms with Gasteiger partial charge in [0.05, 0.1) is 0 Å². The van der Waals surface area contributed by atoms with E-state index in [9.17, 15) is 0 Å². The monoisotopic (exact) mass is 264 g/mol. The average molecular weight is 264 g/mol. The summed E-state index contributed by atoms with van der Waals surface area (Å²) in [7, 11) is 0. The molecular formula is C10H17I. The van der Waals surface area contributed by atoms with Crippen LogP contribution in [-0.4, -0.2) is 3.92 Å². The highest BCUT2D eigenvalue weighted by molar-refractivity contribution is 14.1.